The Labute approximate surface area is 154 Å². The molecule has 7 heteroatoms. The van der Waals surface area contributed by atoms with E-state index < -0.39 is 0 Å². The highest BCUT2D eigenvalue weighted by molar-refractivity contribution is 7.16. The van der Waals surface area contributed by atoms with Crippen molar-refractivity contribution in [1.29, 1.82) is 0 Å². The maximum absolute atomic E-state index is 12.6. The third kappa shape index (κ3) is 2.82. The first kappa shape index (κ1) is 15.7. The first-order valence-electron chi connectivity index (χ1n) is 8.88. The average Bonchev–Trinajstić information content (AvgIpc) is 3.35. The quantitative estimate of drug-likeness (QED) is 0.711. The molecule has 1 saturated carbocycles. The Morgan fingerprint density at radius 1 is 1.19 bits per heavy atom. The molecule has 0 atom stereocenters. The van der Waals surface area contributed by atoms with Crippen LogP contribution in [0.1, 0.15) is 34.8 Å². The summed E-state index contributed by atoms with van der Waals surface area (Å²) in [5, 5.41) is 4.51. The van der Waals surface area contributed by atoms with E-state index in [4.69, 9.17) is 0 Å². The van der Waals surface area contributed by atoms with E-state index in [2.05, 4.69) is 10.1 Å². The lowest BCUT2D eigenvalue weighted by atomic mass is 9.98. The van der Waals surface area contributed by atoms with E-state index in [9.17, 15) is 9.59 Å². The number of aromatic nitrogens is 3. The number of likely N-dealkylation sites (tertiary alicyclic amines) is 1. The third-order valence-electron chi connectivity index (χ3n) is 5.14. The molecule has 1 aliphatic heterocycles. The molecular weight excluding hydrogens is 348 g/mol. The van der Waals surface area contributed by atoms with Crippen LogP contribution >= 0.6 is 11.3 Å². The summed E-state index contributed by atoms with van der Waals surface area (Å²) in [6.07, 6.45) is 2.34. The summed E-state index contributed by atoms with van der Waals surface area (Å²) in [5.74, 6) is 0.859. The number of nitrogens with zero attached hydrogens (tertiary/aromatic N) is 4. The minimum atomic E-state index is -0.0603. The van der Waals surface area contributed by atoms with E-state index >= 15 is 0 Å². The Bertz CT molecular complexity index is 1050. The van der Waals surface area contributed by atoms with Crippen LogP contribution < -0.4 is 5.56 Å². The van der Waals surface area contributed by atoms with Gasteiger partial charge in [0.05, 0.1) is 28.0 Å². The molecular formula is C19H18N4O2S. The molecule has 2 aromatic heterocycles. The normalized spacial score (nSPS) is 17.5. The first-order valence-corrected chi connectivity index (χ1v) is 9.76. The summed E-state index contributed by atoms with van der Waals surface area (Å²) in [6.45, 7) is 1.92. The lowest BCUT2D eigenvalue weighted by molar-refractivity contribution is 0.0458. The number of carbonyl (C=O) groups excluding carboxylic acids is 1. The smallest absolute Gasteiger partial charge is 0.266 e. The minimum absolute atomic E-state index is 0.0450. The van der Waals surface area contributed by atoms with Gasteiger partial charge in [0.2, 0.25) is 0 Å². The van der Waals surface area contributed by atoms with Gasteiger partial charge in [0, 0.05) is 36.6 Å². The number of thiazole rings is 1. The summed E-state index contributed by atoms with van der Waals surface area (Å²) < 4.78 is 2.60. The summed E-state index contributed by atoms with van der Waals surface area (Å²) in [7, 11) is 0. The molecule has 26 heavy (non-hydrogen) atoms. The number of hydrogen-bond acceptors (Lipinski definition) is 5. The van der Waals surface area contributed by atoms with Gasteiger partial charge in [-0.1, -0.05) is 0 Å². The van der Waals surface area contributed by atoms with Crippen molar-refractivity contribution in [2.24, 2.45) is 5.92 Å². The van der Waals surface area contributed by atoms with Gasteiger partial charge in [-0.25, -0.2) is 9.67 Å². The van der Waals surface area contributed by atoms with Gasteiger partial charge in [0.1, 0.15) is 0 Å². The first-order chi connectivity index (χ1) is 12.7. The summed E-state index contributed by atoms with van der Waals surface area (Å²) in [4.78, 5) is 30.8. The lowest BCUT2D eigenvalue weighted by Crippen LogP contribution is -2.52. The Hall–Kier alpha value is -2.54. The molecule has 0 N–H and O–H groups in total. The van der Waals surface area contributed by atoms with Crippen molar-refractivity contribution >= 4 is 27.5 Å². The Balaban J connectivity index is 1.25. The monoisotopic (exact) mass is 366 g/mol. The molecule has 2 aliphatic rings. The van der Waals surface area contributed by atoms with Gasteiger partial charge in [-0.3, -0.25) is 9.59 Å². The highest BCUT2D eigenvalue weighted by Crippen LogP contribution is 2.38. The van der Waals surface area contributed by atoms with Crippen LogP contribution in [0.3, 0.4) is 0 Å². The van der Waals surface area contributed by atoms with Crippen molar-refractivity contribution in [2.45, 2.75) is 25.3 Å². The molecule has 0 spiro atoms. The number of benzene rings is 1. The molecule has 5 rings (SSSR count). The van der Waals surface area contributed by atoms with Gasteiger partial charge < -0.3 is 4.90 Å². The van der Waals surface area contributed by atoms with E-state index in [0.717, 1.165) is 15.9 Å². The minimum Gasteiger partial charge on any atom is -0.338 e. The van der Waals surface area contributed by atoms with Crippen LogP contribution in [0.2, 0.25) is 0 Å². The molecule has 3 heterocycles. The Morgan fingerprint density at radius 3 is 2.85 bits per heavy atom. The van der Waals surface area contributed by atoms with Crippen LogP contribution in [0.15, 0.2) is 40.6 Å². The number of carbonyl (C=O) groups is 1. The van der Waals surface area contributed by atoms with Crippen LogP contribution in [-0.2, 0) is 6.54 Å². The van der Waals surface area contributed by atoms with Crippen molar-refractivity contribution < 1.29 is 4.79 Å². The zero-order valence-electron chi connectivity index (χ0n) is 14.2. The van der Waals surface area contributed by atoms with Gasteiger partial charge in [0.15, 0.2) is 0 Å². The van der Waals surface area contributed by atoms with Crippen molar-refractivity contribution in [3.05, 3.63) is 57.5 Å². The number of fused-ring (bicyclic) bond motifs is 1. The molecule has 1 saturated heterocycles. The fourth-order valence-corrected chi connectivity index (χ4v) is 4.18. The highest BCUT2D eigenvalue weighted by Gasteiger charge is 2.32. The van der Waals surface area contributed by atoms with Gasteiger partial charge in [-0.2, -0.15) is 5.10 Å². The molecule has 0 radical (unpaired) electrons. The Morgan fingerprint density at radius 2 is 2.04 bits per heavy atom. The van der Waals surface area contributed by atoms with Crippen molar-refractivity contribution in [2.75, 3.05) is 13.1 Å². The van der Waals surface area contributed by atoms with E-state index in [1.54, 1.807) is 27.6 Å². The summed E-state index contributed by atoms with van der Waals surface area (Å²) >= 11 is 1.54. The van der Waals surface area contributed by atoms with Crippen LogP contribution in [0.25, 0.3) is 10.2 Å². The van der Waals surface area contributed by atoms with Crippen molar-refractivity contribution in [3.8, 4) is 0 Å². The maximum atomic E-state index is 12.6. The second-order valence-corrected chi connectivity index (χ2v) is 8.05. The summed E-state index contributed by atoms with van der Waals surface area (Å²) in [5.41, 5.74) is 4.38. The zero-order valence-corrected chi connectivity index (χ0v) is 15.0. The predicted molar refractivity (Wildman–Crippen MR) is 99.5 cm³/mol. The van der Waals surface area contributed by atoms with E-state index in [0.29, 0.717) is 31.1 Å². The average molecular weight is 366 g/mol. The van der Waals surface area contributed by atoms with Gasteiger partial charge in [-0.15, -0.1) is 11.3 Å². The van der Waals surface area contributed by atoms with E-state index in [1.807, 2.05) is 29.2 Å². The number of amides is 1. The molecule has 3 aromatic rings. The van der Waals surface area contributed by atoms with Gasteiger partial charge >= 0.3 is 0 Å². The van der Waals surface area contributed by atoms with Crippen LogP contribution in [0.4, 0.5) is 0 Å². The molecule has 0 unspecified atom stereocenters. The molecule has 0 bridgehead atoms. The van der Waals surface area contributed by atoms with Crippen LogP contribution in [0.5, 0.6) is 0 Å². The molecule has 6 nitrogen and oxygen atoms in total. The van der Waals surface area contributed by atoms with E-state index in [-0.39, 0.29) is 17.4 Å². The van der Waals surface area contributed by atoms with Crippen LogP contribution in [0, 0.1) is 5.92 Å². The molecule has 132 valence electrons. The number of hydrogen-bond donors (Lipinski definition) is 0. The van der Waals surface area contributed by atoms with E-state index in [1.165, 1.54) is 12.8 Å². The summed E-state index contributed by atoms with van der Waals surface area (Å²) in [6, 6.07) is 9.11. The molecule has 1 aromatic carbocycles. The molecule has 1 amide bonds. The van der Waals surface area contributed by atoms with Crippen LogP contribution in [-0.4, -0.2) is 38.7 Å². The van der Waals surface area contributed by atoms with Gasteiger partial charge in [-0.05, 0) is 37.1 Å². The lowest BCUT2D eigenvalue weighted by Gasteiger charge is -2.39. The molecule has 2 fully saturated rings. The maximum Gasteiger partial charge on any atom is 0.266 e. The van der Waals surface area contributed by atoms with Crippen molar-refractivity contribution in [3.63, 3.8) is 0 Å². The third-order valence-corrected chi connectivity index (χ3v) is 5.93. The zero-order chi connectivity index (χ0) is 17.7. The highest BCUT2D eigenvalue weighted by atomic mass is 32.1. The largest absolute Gasteiger partial charge is 0.338 e. The second kappa shape index (κ2) is 6.02. The standard InChI is InChI=1S/C19H18N4O2S/c24-18-6-5-15(13-1-2-13)21-23(18)10-12-8-22(9-12)19(25)14-3-4-16-17(7-14)26-11-20-16/h3-7,11-13H,1-2,8-10H2. The predicted octanol–water partition coefficient (Wildman–Crippen LogP) is 2.50. The Kier molecular flexibility index (Phi) is 3.63. The van der Waals surface area contributed by atoms with Gasteiger partial charge in [0.25, 0.3) is 11.5 Å². The fraction of sp³-hybridized carbons (Fsp3) is 0.368. The topological polar surface area (TPSA) is 68.1 Å². The van der Waals surface area contributed by atoms with Crippen molar-refractivity contribution in [1.82, 2.24) is 19.7 Å². The number of rotatable bonds is 4. The fourth-order valence-electron chi connectivity index (χ4n) is 3.46. The molecule has 1 aliphatic carbocycles. The SMILES string of the molecule is O=C(c1ccc2ncsc2c1)N1CC(Cn2nc(C3CC3)ccc2=O)C1. The second-order valence-electron chi connectivity index (χ2n) is 7.16.